The first-order valence-electron chi connectivity index (χ1n) is 6.18. The van der Waals surface area contributed by atoms with Gasteiger partial charge in [0.1, 0.15) is 12.4 Å². The van der Waals surface area contributed by atoms with E-state index in [9.17, 15) is 8.78 Å². The molecule has 0 bridgehead atoms. The number of hydrogen-bond acceptors (Lipinski definition) is 4. The van der Waals surface area contributed by atoms with Crippen LogP contribution in [-0.4, -0.2) is 31.6 Å². The highest BCUT2D eigenvalue weighted by Gasteiger charge is 2.11. The van der Waals surface area contributed by atoms with Crippen LogP contribution in [0.3, 0.4) is 0 Å². The molecule has 1 heterocycles. The third kappa shape index (κ3) is 4.39. The van der Waals surface area contributed by atoms with E-state index >= 15 is 0 Å². The van der Waals surface area contributed by atoms with E-state index in [4.69, 9.17) is 4.74 Å². The van der Waals surface area contributed by atoms with E-state index in [2.05, 4.69) is 22.5 Å². The van der Waals surface area contributed by atoms with Gasteiger partial charge >= 0.3 is 0 Å². The minimum absolute atomic E-state index is 0.350. The molecule has 0 aromatic heterocycles. The molecule has 0 fully saturated rings. The Kier molecular flexibility index (Phi) is 4.54. The van der Waals surface area contributed by atoms with E-state index in [1.54, 1.807) is 18.2 Å². The molecule has 1 atom stereocenters. The lowest BCUT2D eigenvalue weighted by Gasteiger charge is -2.10. The van der Waals surface area contributed by atoms with Crippen LogP contribution in [0.1, 0.15) is 12.5 Å². The second-order valence-corrected chi connectivity index (χ2v) is 4.44. The number of guanidine groups is 1. The van der Waals surface area contributed by atoms with E-state index in [1.165, 1.54) is 0 Å². The first kappa shape index (κ1) is 13.6. The quantitative estimate of drug-likeness (QED) is 0.856. The number of ether oxygens (including phenoxy) is 1. The molecule has 0 saturated heterocycles. The summed E-state index contributed by atoms with van der Waals surface area (Å²) in [6.45, 7) is 2.81. The summed E-state index contributed by atoms with van der Waals surface area (Å²) >= 11 is 0. The van der Waals surface area contributed by atoms with Crippen molar-refractivity contribution in [3.8, 4) is 5.75 Å². The summed E-state index contributed by atoms with van der Waals surface area (Å²) in [6, 6.07) is 7.45. The maximum atomic E-state index is 12.0. The Morgan fingerprint density at radius 3 is 3.05 bits per heavy atom. The van der Waals surface area contributed by atoms with Crippen molar-refractivity contribution >= 4 is 5.96 Å². The molecule has 2 rings (SSSR count). The molecule has 104 valence electrons. The van der Waals surface area contributed by atoms with Gasteiger partial charge in [0.05, 0.1) is 6.54 Å². The molecule has 1 unspecified atom stereocenters. The highest BCUT2D eigenvalue weighted by Crippen LogP contribution is 2.14. The summed E-state index contributed by atoms with van der Waals surface area (Å²) in [6.07, 6.45) is -2.46. The van der Waals surface area contributed by atoms with Crippen molar-refractivity contribution < 1.29 is 13.5 Å². The third-order valence-electron chi connectivity index (χ3n) is 2.64. The SMILES string of the molecule is CC1CN=C(NCc2cccc(OCC(F)F)c2)N1. The lowest BCUT2D eigenvalue weighted by molar-refractivity contribution is 0.0818. The monoisotopic (exact) mass is 269 g/mol. The molecular weight excluding hydrogens is 252 g/mol. The normalized spacial score (nSPS) is 18.1. The molecule has 0 saturated carbocycles. The smallest absolute Gasteiger partial charge is 0.272 e. The van der Waals surface area contributed by atoms with Gasteiger partial charge in [0, 0.05) is 12.6 Å². The number of halogens is 2. The molecule has 1 aromatic rings. The zero-order valence-electron chi connectivity index (χ0n) is 10.7. The molecule has 19 heavy (non-hydrogen) atoms. The van der Waals surface area contributed by atoms with E-state index < -0.39 is 13.0 Å². The number of nitrogens with zero attached hydrogens (tertiary/aromatic N) is 1. The zero-order valence-corrected chi connectivity index (χ0v) is 10.7. The van der Waals surface area contributed by atoms with Crippen molar-refractivity contribution in [1.82, 2.24) is 10.6 Å². The van der Waals surface area contributed by atoms with Crippen LogP contribution < -0.4 is 15.4 Å². The van der Waals surface area contributed by atoms with Crippen molar-refractivity contribution in [2.45, 2.75) is 25.9 Å². The Morgan fingerprint density at radius 2 is 2.37 bits per heavy atom. The molecule has 6 heteroatoms. The average molecular weight is 269 g/mol. The number of alkyl halides is 2. The first-order valence-corrected chi connectivity index (χ1v) is 6.18. The van der Waals surface area contributed by atoms with Gasteiger partial charge in [-0.1, -0.05) is 12.1 Å². The van der Waals surface area contributed by atoms with Crippen molar-refractivity contribution in [3.63, 3.8) is 0 Å². The van der Waals surface area contributed by atoms with Crippen LogP contribution in [0.2, 0.25) is 0 Å². The van der Waals surface area contributed by atoms with Crippen LogP contribution in [0.15, 0.2) is 29.3 Å². The maximum Gasteiger partial charge on any atom is 0.272 e. The fourth-order valence-electron chi connectivity index (χ4n) is 1.75. The number of rotatable bonds is 5. The summed E-state index contributed by atoms with van der Waals surface area (Å²) in [5, 5.41) is 6.34. The maximum absolute atomic E-state index is 12.0. The van der Waals surface area contributed by atoms with E-state index in [0.29, 0.717) is 18.3 Å². The highest BCUT2D eigenvalue weighted by atomic mass is 19.3. The van der Waals surface area contributed by atoms with Crippen molar-refractivity contribution in [1.29, 1.82) is 0 Å². The predicted octanol–water partition coefficient (Wildman–Crippen LogP) is 1.77. The molecule has 1 aliphatic rings. The van der Waals surface area contributed by atoms with Gasteiger partial charge in [0.15, 0.2) is 5.96 Å². The van der Waals surface area contributed by atoms with Crippen LogP contribution in [0.25, 0.3) is 0 Å². The molecule has 0 spiro atoms. The van der Waals surface area contributed by atoms with Gasteiger partial charge in [-0.05, 0) is 24.6 Å². The van der Waals surface area contributed by atoms with Crippen LogP contribution in [0, 0.1) is 0 Å². The molecule has 2 N–H and O–H groups in total. The second kappa shape index (κ2) is 6.36. The van der Waals surface area contributed by atoms with Gasteiger partial charge in [0.2, 0.25) is 0 Å². The standard InChI is InChI=1S/C13H17F2N3O/c1-9-6-16-13(18-9)17-7-10-3-2-4-11(5-10)19-8-12(14)15/h2-5,9,12H,6-8H2,1H3,(H2,16,17,18). The highest BCUT2D eigenvalue weighted by molar-refractivity contribution is 5.81. The largest absolute Gasteiger partial charge is 0.488 e. The van der Waals surface area contributed by atoms with Gasteiger partial charge in [-0.2, -0.15) is 0 Å². The second-order valence-electron chi connectivity index (χ2n) is 4.44. The lowest BCUT2D eigenvalue weighted by atomic mass is 10.2. The number of aliphatic imine (C=N–C) groups is 1. The van der Waals surface area contributed by atoms with Gasteiger partial charge < -0.3 is 15.4 Å². The average Bonchev–Trinajstić information content (AvgIpc) is 2.80. The molecule has 1 aromatic carbocycles. The number of benzene rings is 1. The predicted molar refractivity (Wildman–Crippen MR) is 69.7 cm³/mol. The third-order valence-corrected chi connectivity index (χ3v) is 2.64. The minimum Gasteiger partial charge on any atom is -0.488 e. The molecule has 0 amide bonds. The van der Waals surface area contributed by atoms with Crippen LogP contribution in [0.4, 0.5) is 8.78 Å². The Morgan fingerprint density at radius 1 is 1.53 bits per heavy atom. The van der Waals surface area contributed by atoms with Gasteiger partial charge in [-0.3, -0.25) is 4.99 Å². The summed E-state index contributed by atoms with van der Waals surface area (Å²) < 4.78 is 29.1. The summed E-state index contributed by atoms with van der Waals surface area (Å²) in [5.41, 5.74) is 0.954. The summed E-state index contributed by atoms with van der Waals surface area (Å²) in [7, 11) is 0. The van der Waals surface area contributed by atoms with Crippen LogP contribution in [-0.2, 0) is 6.54 Å². The fourth-order valence-corrected chi connectivity index (χ4v) is 1.75. The number of hydrogen-bond donors (Lipinski definition) is 2. The fraction of sp³-hybridized carbons (Fsp3) is 0.462. The van der Waals surface area contributed by atoms with Crippen molar-refractivity contribution in [3.05, 3.63) is 29.8 Å². The van der Waals surface area contributed by atoms with Crippen molar-refractivity contribution in [2.24, 2.45) is 4.99 Å². The Balaban J connectivity index is 1.85. The van der Waals surface area contributed by atoms with E-state index in [0.717, 1.165) is 18.1 Å². The Bertz CT molecular complexity index is 451. The molecule has 1 aliphatic heterocycles. The first-order chi connectivity index (χ1) is 9.13. The number of nitrogens with one attached hydrogen (secondary N) is 2. The zero-order chi connectivity index (χ0) is 13.7. The Hall–Kier alpha value is -1.85. The van der Waals surface area contributed by atoms with E-state index in [-0.39, 0.29) is 0 Å². The molecule has 4 nitrogen and oxygen atoms in total. The molecule has 0 aliphatic carbocycles. The van der Waals surface area contributed by atoms with Crippen molar-refractivity contribution in [2.75, 3.05) is 13.2 Å². The summed E-state index contributed by atoms with van der Waals surface area (Å²) in [5.74, 6) is 1.22. The lowest BCUT2D eigenvalue weighted by Crippen LogP contribution is -2.37. The van der Waals surface area contributed by atoms with Gasteiger partial charge in [-0.15, -0.1) is 0 Å². The van der Waals surface area contributed by atoms with Gasteiger partial charge in [-0.25, -0.2) is 8.78 Å². The molecule has 0 radical (unpaired) electrons. The Labute approximate surface area is 110 Å². The van der Waals surface area contributed by atoms with Gasteiger partial charge in [0.25, 0.3) is 6.43 Å². The topological polar surface area (TPSA) is 45.7 Å². The van der Waals surface area contributed by atoms with E-state index in [1.807, 2.05) is 6.07 Å². The molecular formula is C13H17F2N3O. The van der Waals surface area contributed by atoms with Crippen LogP contribution >= 0.6 is 0 Å². The minimum atomic E-state index is -2.46. The van der Waals surface area contributed by atoms with Crippen LogP contribution in [0.5, 0.6) is 5.75 Å². The summed E-state index contributed by atoms with van der Waals surface area (Å²) in [4.78, 5) is 4.28.